The summed E-state index contributed by atoms with van der Waals surface area (Å²) >= 11 is 0. The number of amidine groups is 1. The van der Waals surface area contributed by atoms with Gasteiger partial charge in [-0.2, -0.15) is 0 Å². The minimum absolute atomic E-state index is 0.0116. The molecule has 16 heavy (non-hydrogen) atoms. The quantitative estimate of drug-likeness (QED) is 0.267. The van der Waals surface area contributed by atoms with Crippen LogP contribution in [0.4, 0.5) is 0 Å². The number of oxime groups is 1. The van der Waals surface area contributed by atoms with E-state index in [4.69, 9.17) is 15.7 Å². The number of rotatable bonds is 6. The third kappa shape index (κ3) is 4.48. The van der Waals surface area contributed by atoms with Gasteiger partial charge in [0.25, 0.3) is 0 Å². The van der Waals surface area contributed by atoms with E-state index >= 15 is 0 Å². The second kappa shape index (κ2) is 6.32. The van der Waals surface area contributed by atoms with E-state index in [2.05, 4.69) is 10.5 Å². The van der Waals surface area contributed by atoms with Crippen LogP contribution in [-0.2, 0) is 9.53 Å². The van der Waals surface area contributed by atoms with Crippen LogP contribution in [0.2, 0.25) is 0 Å². The van der Waals surface area contributed by atoms with Crippen molar-refractivity contribution in [1.29, 1.82) is 0 Å². The van der Waals surface area contributed by atoms with E-state index in [1.54, 1.807) is 6.92 Å². The van der Waals surface area contributed by atoms with Gasteiger partial charge < -0.3 is 21.0 Å². The standard InChI is InChI=1S/C10H21N3O3/c1-5-10(4,9(11)13-15)12-8(14)6-16-7(2)3/h7,15H,5-6H2,1-4H3,(H2,11,13)(H,12,14). The zero-order valence-corrected chi connectivity index (χ0v) is 10.3. The Kier molecular flexibility index (Phi) is 5.81. The molecule has 6 heteroatoms. The molecule has 1 unspecified atom stereocenters. The molecule has 0 aliphatic carbocycles. The highest BCUT2D eigenvalue weighted by atomic mass is 16.5. The molecular weight excluding hydrogens is 210 g/mol. The van der Waals surface area contributed by atoms with Crippen LogP contribution in [0.5, 0.6) is 0 Å². The van der Waals surface area contributed by atoms with E-state index < -0.39 is 5.54 Å². The average molecular weight is 231 g/mol. The van der Waals surface area contributed by atoms with Gasteiger partial charge in [0.2, 0.25) is 5.91 Å². The fourth-order valence-corrected chi connectivity index (χ4v) is 1.03. The molecule has 0 heterocycles. The highest BCUT2D eigenvalue weighted by Crippen LogP contribution is 2.09. The molecule has 0 aromatic heterocycles. The molecular formula is C10H21N3O3. The normalized spacial score (nSPS) is 15.9. The number of nitrogens with zero attached hydrogens (tertiary/aromatic N) is 1. The molecule has 0 aromatic carbocycles. The van der Waals surface area contributed by atoms with Crippen LogP contribution >= 0.6 is 0 Å². The molecule has 0 fully saturated rings. The van der Waals surface area contributed by atoms with Crippen molar-refractivity contribution in [3.05, 3.63) is 0 Å². The lowest BCUT2D eigenvalue weighted by Crippen LogP contribution is -2.55. The van der Waals surface area contributed by atoms with E-state index in [0.717, 1.165) is 0 Å². The Bertz CT molecular complexity index is 266. The first-order valence-corrected chi connectivity index (χ1v) is 5.26. The van der Waals surface area contributed by atoms with Crippen molar-refractivity contribution in [1.82, 2.24) is 5.32 Å². The Balaban J connectivity index is 4.38. The van der Waals surface area contributed by atoms with Crippen molar-refractivity contribution in [3.8, 4) is 0 Å². The van der Waals surface area contributed by atoms with Crippen LogP contribution in [0.3, 0.4) is 0 Å². The summed E-state index contributed by atoms with van der Waals surface area (Å²) in [6, 6.07) is 0. The second-order valence-electron chi connectivity index (χ2n) is 4.08. The maximum absolute atomic E-state index is 11.5. The SMILES string of the molecule is CCC(C)(NC(=O)COC(C)C)C(N)=NO. The molecule has 0 saturated heterocycles. The maximum Gasteiger partial charge on any atom is 0.246 e. The molecule has 0 saturated carbocycles. The molecule has 94 valence electrons. The molecule has 1 amide bonds. The molecule has 1 atom stereocenters. The van der Waals surface area contributed by atoms with Crippen molar-refractivity contribution >= 4 is 11.7 Å². The first-order chi connectivity index (χ1) is 7.35. The van der Waals surface area contributed by atoms with Crippen LogP contribution in [0.25, 0.3) is 0 Å². The van der Waals surface area contributed by atoms with Gasteiger partial charge in [0.15, 0.2) is 5.84 Å². The largest absolute Gasteiger partial charge is 0.409 e. The summed E-state index contributed by atoms with van der Waals surface area (Å²) in [5.74, 6) is -0.308. The van der Waals surface area contributed by atoms with Crippen LogP contribution in [0.15, 0.2) is 5.16 Å². The Labute approximate surface area is 95.8 Å². The molecule has 0 aliphatic heterocycles. The third-order valence-electron chi connectivity index (χ3n) is 2.34. The van der Waals surface area contributed by atoms with E-state index in [1.807, 2.05) is 20.8 Å². The number of ether oxygens (including phenoxy) is 1. The number of carbonyl (C=O) groups is 1. The Morgan fingerprint density at radius 1 is 1.62 bits per heavy atom. The molecule has 0 aromatic rings. The lowest BCUT2D eigenvalue weighted by atomic mass is 9.97. The molecule has 0 rings (SSSR count). The average Bonchev–Trinajstić information content (AvgIpc) is 2.24. The van der Waals surface area contributed by atoms with E-state index in [0.29, 0.717) is 6.42 Å². The van der Waals surface area contributed by atoms with Crippen LogP contribution in [0.1, 0.15) is 34.1 Å². The van der Waals surface area contributed by atoms with Gasteiger partial charge in [-0.3, -0.25) is 4.79 Å². The maximum atomic E-state index is 11.5. The molecule has 0 spiro atoms. The van der Waals surface area contributed by atoms with Gasteiger partial charge in [0.05, 0.1) is 11.6 Å². The predicted octanol–water partition coefficient (Wildman–Crippen LogP) is 0.443. The summed E-state index contributed by atoms with van der Waals surface area (Å²) in [6.07, 6.45) is 0.513. The third-order valence-corrected chi connectivity index (χ3v) is 2.34. The zero-order chi connectivity index (χ0) is 12.8. The van der Waals surface area contributed by atoms with Crippen LogP contribution < -0.4 is 11.1 Å². The van der Waals surface area contributed by atoms with E-state index in [9.17, 15) is 4.79 Å². The molecule has 0 bridgehead atoms. The highest BCUT2D eigenvalue weighted by Gasteiger charge is 2.29. The predicted molar refractivity (Wildman–Crippen MR) is 61.3 cm³/mol. The Hall–Kier alpha value is -1.30. The highest BCUT2D eigenvalue weighted by molar-refractivity contribution is 5.93. The van der Waals surface area contributed by atoms with E-state index in [1.165, 1.54) is 0 Å². The van der Waals surface area contributed by atoms with Crippen molar-refractivity contribution in [3.63, 3.8) is 0 Å². The van der Waals surface area contributed by atoms with Gasteiger partial charge in [-0.05, 0) is 27.2 Å². The van der Waals surface area contributed by atoms with Gasteiger partial charge in [0, 0.05) is 0 Å². The van der Waals surface area contributed by atoms with Crippen molar-refractivity contribution in [2.24, 2.45) is 10.9 Å². The molecule has 0 radical (unpaired) electrons. The van der Waals surface area contributed by atoms with Gasteiger partial charge >= 0.3 is 0 Å². The Morgan fingerprint density at radius 2 is 2.19 bits per heavy atom. The summed E-state index contributed by atoms with van der Waals surface area (Å²) in [5.41, 5.74) is 4.67. The van der Waals surface area contributed by atoms with Crippen molar-refractivity contribution in [2.75, 3.05) is 6.61 Å². The summed E-state index contributed by atoms with van der Waals surface area (Å²) in [6.45, 7) is 7.18. The summed E-state index contributed by atoms with van der Waals surface area (Å²) in [7, 11) is 0. The van der Waals surface area contributed by atoms with Crippen LogP contribution in [-0.4, -0.2) is 35.2 Å². The monoisotopic (exact) mass is 231 g/mol. The van der Waals surface area contributed by atoms with Gasteiger partial charge in [-0.25, -0.2) is 0 Å². The molecule has 6 nitrogen and oxygen atoms in total. The topological polar surface area (TPSA) is 96.9 Å². The second-order valence-corrected chi connectivity index (χ2v) is 4.08. The number of amides is 1. The fourth-order valence-electron chi connectivity index (χ4n) is 1.03. The lowest BCUT2D eigenvalue weighted by Gasteiger charge is -2.28. The zero-order valence-electron chi connectivity index (χ0n) is 10.3. The summed E-state index contributed by atoms with van der Waals surface area (Å²) in [5, 5.41) is 14.2. The molecule has 4 N–H and O–H groups in total. The molecule has 0 aliphatic rings. The number of hydrogen-bond acceptors (Lipinski definition) is 4. The van der Waals surface area contributed by atoms with Gasteiger partial charge in [-0.15, -0.1) is 0 Å². The number of nitrogens with one attached hydrogen (secondary N) is 1. The minimum Gasteiger partial charge on any atom is -0.409 e. The number of carbonyl (C=O) groups excluding carboxylic acids is 1. The van der Waals surface area contributed by atoms with Crippen molar-refractivity contribution in [2.45, 2.75) is 45.8 Å². The van der Waals surface area contributed by atoms with Gasteiger partial charge in [-0.1, -0.05) is 12.1 Å². The fraction of sp³-hybridized carbons (Fsp3) is 0.800. The summed E-state index contributed by atoms with van der Waals surface area (Å²) in [4.78, 5) is 11.5. The number of hydrogen-bond donors (Lipinski definition) is 3. The van der Waals surface area contributed by atoms with Crippen molar-refractivity contribution < 1.29 is 14.7 Å². The first-order valence-electron chi connectivity index (χ1n) is 5.26. The summed E-state index contributed by atoms with van der Waals surface area (Å²) < 4.78 is 5.15. The number of nitrogens with two attached hydrogens (primary N) is 1. The smallest absolute Gasteiger partial charge is 0.246 e. The van der Waals surface area contributed by atoms with Crippen LogP contribution in [0, 0.1) is 0 Å². The minimum atomic E-state index is -0.841. The van der Waals surface area contributed by atoms with Gasteiger partial charge in [0.1, 0.15) is 6.61 Å². The van der Waals surface area contributed by atoms with E-state index in [-0.39, 0.29) is 24.5 Å². The Morgan fingerprint density at radius 3 is 2.56 bits per heavy atom. The first kappa shape index (κ1) is 14.7. The lowest BCUT2D eigenvalue weighted by molar-refractivity contribution is -0.128.